The van der Waals surface area contributed by atoms with Crippen molar-refractivity contribution in [2.24, 2.45) is 0 Å². The van der Waals surface area contributed by atoms with Crippen molar-refractivity contribution in [1.29, 1.82) is 0 Å². The lowest BCUT2D eigenvalue weighted by molar-refractivity contribution is 0.0696. The van der Waals surface area contributed by atoms with E-state index in [0.29, 0.717) is 31.5 Å². The molecule has 158 valence electrons. The topological polar surface area (TPSA) is 86.6 Å². The number of nitrogens with zero attached hydrogens (tertiary/aromatic N) is 5. The molecule has 4 heterocycles. The molecule has 10 heteroatoms. The van der Waals surface area contributed by atoms with Crippen LogP contribution in [0.15, 0.2) is 36.9 Å². The van der Waals surface area contributed by atoms with Crippen molar-refractivity contribution in [1.82, 2.24) is 19.5 Å². The first-order valence-electron chi connectivity index (χ1n) is 9.51. The summed E-state index contributed by atoms with van der Waals surface area (Å²) < 4.78 is 18.9. The molecule has 9 nitrogen and oxygen atoms in total. The second-order valence-corrected chi connectivity index (χ2v) is 7.05. The van der Waals surface area contributed by atoms with Gasteiger partial charge in [0.1, 0.15) is 12.4 Å². The molecular formula is C20H24N6O3S. The molecule has 0 amide bonds. The molecule has 0 aliphatic carbocycles. The Hall–Kier alpha value is -2.98. The highest BCUT2D eigenvalue weighted by atomic mass is 32.1. The number of morpholine rings is 1. The number of ether oxygens (including phenoxy) is 3. The average molecular weight is 429 g/mol. The van der Waals surface area contributed by atoms with E-state index < -0.39 is 0 Å². The van der Waals surface area contributed by atoms with Gasteiger partial charge in [0.15, 0.2) is 11.6 Å². The monoisotopic (exact) mass is 428 g/mol. The summed E-state index contributed by atoms with van der Waals surface area (Å²) in [5, 5.41) is 3.27. The predicted molar refractivity (Wildman–Crippen MR) is 118 cm³/mol. The molecule has 1 N–H and O–H groups in total. The third-order valence-corrected chi connectivity index (χ3v) is 5.09. The van der Waals surface area contributed by atoms with Crippen LogP contribution < -0.4 is 19.7 Å². The number of imidazole rings is 1. The number of benzene rings is 1. The molecule has 1 aromatic carbocycles. The van der Waals surface area contributed by atoms with E-state index in [-0.39, 0.29) is 19.5 Å². The van der Waals surface area contributed by atoms with E-state index in [0.717, 1.165) is 35.2 Å². The van der Waals surface area contributed by atoms with Gasteiger partial charge in [-0.15, -0.1) is 0 Å². The second-order valence-electron chi connectivity index (χ2n) is 7.05. The van der Waals surface area contributed by atoms with E-state index in [2.05, 4.69) is 20.2 Å². The minimum atomic E-state index is 0. The summed E-state index contributed by atoms with van der Waals surface area (Å²) in [6.45, 7) is 4.68. The first-order chi connectivity index (χ1) is 14.2. The number of nitrogens with one attached hydrogen (secondary N) is 1. The van der Waals surface area contributed by atoms with Gasteiger partial charge in [0.05, 0.1) is 50.3 Å². The molecule has 0 spiro atoms. The number of fused-ring (bicyclic) bond motifs is 3. The van der Waals surface area contributed by atoms with Crippen molar-refractivity contribution in [3.8, 4) is 17.2 Å². The van der Waals surface area contributed by atoms with Crippen LogP contribution in [0.1, 0.15) is 5.69 Å². The summed E-state index contributed by atoms with van der Waals surface area (Å²) >= 11 is 0. The Morgan fingerprint density at radius 2 is 2.13 bits per heavy atom. The Kier molecular flexibility index (Phi) is 5.69. The third kappa shape index (κ3) is 3.75. The number of methoxy groups -OCH3 is 1. The quantitative estimate of drug-likeness (QED) is 0.678. The van der Waals surface area contributed by atoms with Crippen LogP contribution in [0.25, 0.3) is 5.69 Å². The van der Waals surface area contributed by atoms with Gasteiger partial charge in [-0.2, -0.15) is 18.5 Å². The van der Waals surface area contributed by atoms with Gasteiger partial charge in [0.2, 0.25) is 5.95 Å². The van der Waals surface area contributed by atoms with Crippen LogP contribution in [0.5, 0.6) is 11.5 Å². The Bertz CT molecular complexity index is 1040. The number of anilines is 3. The summed E-state index contributed by atoms with van der Waals surface area (Å²) in [7, 11) is 1.65. The van der Waals surface area contributed by atoms with Gasteiger partial charge in [-0.05, 0) is 19.1 Å². The minimum Gasteiger partial charge on any atom is -0.494 e. The third-order valence-electron chi connectivity index (χ3n) is 5.09. The van der Waals surface area contributed by atoms with E-state index >= 15 is 0 Å². The van der Waals surface area contributed by atoms with Crippen LogP contribution in [0, 0.1) is 6.92 Å². The predicted octanol–water partition coefficient (Wildman–Crippen LogP) is 2.43. The molecule has 3 aromatic rings. The zero-order chi connectivity index (χ0) is 19.8. The molecule has 0 saturated carbocycles. The second kappa shape index (κ2) is 8.41. The maximum atomic E-state index is 5.80. The van der Waals surface area contributed by atoms with E-state index in [1.807, 2.05) is 35.9 Å². The normalized spacial score (nSPS) is 17.3. The van der Waals surface area contributed by atoms with Crippen molar-refractivity contribution in [2.45, 2.75) is 13.0 Å². The molecule has 2 aromatic heterocycles. The average Bonchev–Trinajstić information content (AvgIpc) is 3.19. The van der Waals surface area contributed by atoms with Gasteiger partial charge in [-0.25, -0.2) is 9.97 Å². The lowest BCUT2D eigenvalue weighted by Gasteiger charge is -2.40. The van der Waals surface area contributed by atoms with Gasteiger partial charge < -0.3 is 29.0 Å². The molecule has 1 saturated heterocycles. The molecular weight excluding hydrogens is 404 g/mol. The van der Waals surface area contributed by atoms with E-state index in [1.54, 1.807) is 19.6 Å². The highest BCUT2D eigenvalue weighted by Gasteiger charge is 2.32. The van der Waals surface area contributed by atoms with E-state index in [4.69, 9.17) is 19.2 Å². The Morgan fingerprint density at radius 1 is 1.23 bits per heavy atom. The lowest BCUT2D eigenvalue weighted by atomic mass is 10.2. The smallest absolute Gasteiger partial charge is 0.229 e. The molecule has 1 atom stereocenters. The van der Waals surface area contributed by atoms with Crippen LogP contribution in [0.2, 0.25) is 0 Å². The molecule has 0 radical (unpaired) electrons. The van der Waals surface area contributed by atoms with Gasteiger partial charge in [-0.3, -0.25) is 0 Å². The van der Waals surface area contributed by atoms with Crippen molar-refractivity contribution in [3.63, 3.8) is 0 Å². The highest BCUT2D eigenvalue weighted by Crippen LogP contribution is 2.34. The maximum Gasteiger partial charge on any atom is 0.229 e. The molecule has 5 rings (SSSR count). The number of aryl methyl sites for hydroxylation is 1. The largest absolute Gasteiger partial charge is 0.494 e. The Balaban J connectivity index is 0.00000218. The number of hydrogen-bond donors (Lipinski definition) is 1. The van der Waals surface area contributed by atoms with Gasteiger partial charge in [0.25, 0.3) is 0 Å². The summed E-state index contributed by atoms with van der Waals surface area (Å²) in [4.78, 5) is 15.6. The highest BCUT2D eigenvalue weighted by molar-refractivity contribution is 7.59. The van der Waals surface area contributed by atoms with Crippen molar-refractivity contribution < 1.29 is 14.2 Å². The first-order valence-corrected chi connectivity index (χ1v) is 9.51. The number of hydrogen-bond acceptors (Lipinski definition) is 8. The van der Waals surface area contributed by atoms with Gasteiger partial charge >= 0.3 is 0 Å². The zero-order valence-electron chi connectivity index (χ0n) is 16.8. The van der Waals surface area contributed by atoms with E-state index in [1.165, 1.54) is 0 Å². The standard InChI is InChI=1S/C20H22N6O3.H2S/c1-13-9-25(12-22-13)16-4-3-14(7-17(16)27-2)23-20-21-8-18-19(24-20)26-5-6-28-10-15(26)11-29-18;/h3-4,7-9,12,15H,5-6,10-11H2,1-2H3,(H,21,23,24);1H2/t15-;/m0./s1. The summed E-state index contributed by atoms with van der Waals surface area (Å²) in [6.07, 6.45) is 5.44. The van der Waals surface area contributed by atoms with Crippen molar-refractivity contribution in [3.05, 3.63) is 42.6 Å². The van der Waals surface area contributed by atoms with Crippen LogP contribution in [0.3, 0.4) is 0 Å². The molecule has 2 aliphatic rings. The fourth-order valence-electron chi connectivity index (χ4n) is 3.64. The first kappa shape index (κ1) is 20.3. The van der Waals surface area contributed by atoms with Crippen LogP contribution in [-0.2, 0) is 4.74 Å². The summed E-state index contributed by atoms with van der Waals surface area (Å²) in [6, 6.07) is 6.05. The molecule has 2 aliphatic heterocycles. The maximum absolute atomic E-state index is 5.80. The fraction of sp³-hybridized carbons (Fsp3) is 0.350. The van der Waals surface area contributed by atoms with Crippen LogP contribution in [-0.4, -0.2) is 59.0 Å². The summed E-state index contributed by atoms with van der Waals surface area (Å²) in [5.74, 6) is 2.74. The van der Waals surface area contributed by atoms with E-state index in [9.17, 15) is 0 Å². The van der Waals surface area contributed by atoms with Crippen LogP contribution >= 0.6 is 13.5 Å². The molecule has 0 unspecified atom stereocenters. The minimum absolute atomic E-state index is 0. The van der Waals surface area contributed by atoms with Crippen molar-refractivity contribution in [2.75, 3.05) is 43.7 Å². The fourth-order valence-corrected chi connectivity index (χ4v) is 3.64. The lowest BCUT2D eigenvalue weighted by Crippen LogP contribution is -2.51. The number of aromatic nitrogens is 4. The SMILES string of the molecule is COc1cc(Nc2ncc3c(n2)N2CCOC[C@H]2CO3)ccc1-n1cnc(C)c1.S. The van der Waals surface area contributed by atoms with Gasteiger partial charge in [0, 0.05) is 24.5 Å². The molecule has 0 bridgehead atoms. The van der Waals surface area contributed by atoms with Gasteiger partial charge in [-0.1, -0.05) is 0 Å². The number of rotatable bonds is 4. The Labute approximate surface area is 181 Å². The molecule has 30 heavy (non-hydrogen) atoms. The Morgan fingerprint density at radius 3 is 2.93 bits per heavy atom. The summed E-state index contributed by atoms with van der Waals surface area (Å²) in [5.41, 5.74) is 2.69. The molecule has 1 fully saturated rings. The van der Waals surface area contributed by atoms with Crippen molar-refractivity contribution >= 4 is 30.9 Å². The van der Waals surface area contributed by atoms with Crippen LogP contribution in [0.4, 0.5) is 17.5 Å². The zero-order valence-corrected chi connectivity index (χ0v) is 17.8.